The van der Waals surface area contributed by atoms with E-state index in [1.807, 2.05) is 6.92 Å². The second kappa shape index (κ2) is 7.45. The summed E-state index contributed by atoms with van der Waals surface area (Å²) in [5.41, 5.74) is 2.01. The highest BCUT2D eigenvalue weighted by Crippen LogP contribution is 2.27. The Morgan fingerprint density at radius 2 is 1.76 bits per heavy atom. The van der Waals surface area contributed by atoms with Gasteiger partial charge in [0, 0.05) is 18.9 Å². The number of halogens is 1. The molecule has 0 radical (unpaired) electrons. The molecule has 112 valence electrons. The molecule has 6 heteroatoms. The molecule has 5 nitrogen and oxygen atoms in total. The molecular weight excluding hydrogens is 330 g/mol. The van der Waals surface area contributed by atoms with Crippen molar-refractivity contribution in [2.24, 2.45) is 0 Å². The van der Waals surface area contributed by atoms with Gasteiger partial charge in [-0.15, -0.1) is 0 Å². The molecule has 0 aliphatic carbocycles. The predicted molar refractivity (Wildman–Crippen MR) is 88.3 cm³/mol. The summed E-state index contributed by atoms with van der Waals surface area (Å²) in [4.78, 5) is 17.8. The van der Waals surface area contributed by atoms with Gasteiger partial charge in [-0.1, -0.05) is 20.3 Å². The molecule has 21 heavy (non-hydrogen) atoms. The fourth-order valence-electron chi connectivity index (χ4n) is 1.86. The van der Waals surface area contributed by atoms with Crippen LogP contribution in [-0.2, 0) is 6.42 Å². The van der Waals surface area contributed by atoms with E-state index in [4.69, 9.17) is 0 Å². The van der Waals surface area contributed by atoms with Crippen molar-refractivity contribution in [3.8, 4) is 11.6 Å². The zero-order valence-electron chi connectivity index (χ0n) is 12.6. The van der Waals surface area contributed by atoms with Crippen LogP contribution < -0.4 is 5.32 Å². The lowest BCUT2D eigenvalue weighted by Gasteiger charge is -2.11. The van der Waals surface area contributed by atoms with Crippen molar-refractivity contribution in [2.45, 2.75) is 40.0 Å². The molecule has 0 spiro atoms. The lowest BCUT2D eigenvalue weighted by Crippen LogP contribution is -2.08. The van der Waals surface area contributed by atoms with Crippen LogP contribution in [-0.4, -0.2) is 26.5 Å². The maximum absolute atomic E-state index is 4.61. The van der Waals surface area contributed by atoms with Crippen molar-refractivity contribution in [2.75, 3.05) is 11.9 Å². The number of hydrogen-bond donors (Lipinski definition) is 1. The largest absolute Gasteiger partial charge is 0.369 e. The SMILES string of the molecule is CCCNc1nc(-c2ncc(C)cn2)nc(CCC)c1Br. The van der Waals surface area contributed by atoms with Crippen molar-refractivity contribution in [3.63, 3.8) is 0 Å². The Hall–Kier alpha value is -1.56. The van der Waals surface area contributed by atoms with E-state index in [2.05, 4.69) is 55.0 Å². The van der Waals surface area contributed by atoms with E-state index in [0.717, 1.165) is 47.4 Å². The van der Waals surface area contributed by atoms with Gasteiger partial charge in [0.05, 0.1) is 10.2 Å². The molecule has 2 rings (SSSR count). The van der Waals surface area contributed by atoms with Crippen molar-refractivity contribution >= 4 is 21.7 Å². The Bertz CT molecular complexity index is 598. The normalized spacial score (nSPS) is 10.7. The highest BCUT2D eigenvalue weighted by molar-refractivity contribution is 9.10. The number of anilines is 1. The Labute approximate surface area is 133 Å². The summed E-state index contributed by atoms with van der Waals surface area (Å²) in [6.45, 7) is 7.09. The molecule has 0 saturated heterocycles. The predicted octanol–water partition coefficient (Wildman–Crippen LogP) is 3.78. The van der Waals surface area contributed by atoms with Crippen LogP contribution in [0, 0.1) is 6.92 Å². The molecule has 0 aliphatic rings. The second-order valence-electron chi connectivity index (χ2n) is 4.92. The molecule has 0 bridgehead atoms. The van der Waals surface area contributed by atoms with Crippen molar-refractivity contribution in [1.29, 1.82) is 0 Å². The molecule has 2 heterocycles. The van der Waals surface area contributed by atoms with Gasteiger partial charge in [-0.05, 0) is 41.3 Å². The minimum atomic E-state index is 0.560. The van der Waals surface area contributed by atoms with Gasteiger partial charge >= 0.3 is 0 Å². The molecule has 0 atom stereocenters. The molecule has 0 unspecified atom stereocenters. The molecule has 2 aromatic heterocycles. The quantitative estimate of drug-likeness (QED) is 0.859. The summed E-state index contributed by atoms with van der Waals surface area (Å²) in [7, 11) is 0. The monoisotopic (exact) mass is 349 g/mol. The van der Waals surface area contributed by atoms with Crippen LogP contribution in [0.15, 0.2) is 16.9 Å². The molecule has 0 amide bonds. The van der Waals surface area contributed by atoms with Gasteiger partial charge in [0.15, 0.2) is 11.6 Å². The van der Waals surface area contributed by atoms with Gasteiger partial charge in [-0.2, -0.15) is 0 Å². The average molecular weight is 350 g/mol. The van der Waals surface area contributed by atoms with Crippen LogP contribution in [0.25, 0.3) is 11.6 Å². The number of aromatic nitrogens is 4. The van der Waals surface area contributed by atoms with Crippen LogP contribution in [0.3, 0.4) is 0 Å². The van der Waals surface area contributed by atoms with E-state index >= 15 is 0 Å². The standard InChI is InChI=1S/C15H20BrN5/c1-4-6-11-12(16)13(17-7-5-2)21-15(20-11)14-18-8-10(3)9-19-14/h8-9H,4-7H2,1-3H3,(H,17,20,21). The van der Waals surface area contributed by atoms with Crippen LogP contribution in [0.5, 0.6) is 0 Å². The van der Waals surface area contributed by atoms with E-state index in [1.54, 1.807) is 12.4 Å². The number of hydrogen-bond acceptors (Lipinski definition) is 5. The summed E-state index contributed by atoms with van der Waals surface area (Å²) in [6.07, 6.45) is 6.52. The van der Waals surface area contributed by atoms with Gasteiger partial charge in [0.2, 0.25) is 0 Å². The Kier molecular flexibility index (Phi) is 5.61. The Balaban J connectivity index is 2.44. The maximum atomic E-state index is 4.61. The van der Waals surface area contributed by atoms with Crippen LogP contribution >= 0.6 is 15.9 Å². The number of nitrogens with zero attached hydrogens (tertiary/aromatic N) is 4. The lowest BCUT2D eigenvalue weighted by molar-refractivity contribution is 0.860. The zero-order valence-corrected chi connectivity index (χ0v) is 14.2. The summed E-state index contributed by atoms with van der Waals surface area (Å²) >= 11 is 3.60. The first kappa shape index (κ1) is 15.8. The van der Waals surface area contributed by atoms with Gasteiger partial charge in [-0.25, -0.2) is 19.9 Å². The topological polar surface area (TPSA) is 63.6 Å². The van der Waals surface area contributed by atoms with E-state index in [0.29, 0.717) is 11.6 Å². The third-order valence-electron chi connectivity index (χ3n) is 2.93. The van der Waals surface area contributed by atoms with Gasteiger partial charge in [0.25, 0.3) is 0 Å². The molecular formula is C15H20BrN5. The third-order valence-corrected chi connectivity index (χ3v) is 3.76. The Morgan fingerprint density at radius 1 is 1.05 bits per heavy atom. The maximum Gasteiger partial charge on any atom is 0.200 e. The number of aryl methyl sites for hydroxylation is 2. The first-order chi connectivity index (χ1) is 10.2. The highest BCUT2D eigenvalue weighted by atomic mass is 79.9. The van der Waals surface area contributed by atoms with Crippen molar-refractivity contribution in [3.05, 3.63) is 28.1 Å². The fraction of sp³-hybridized carbons (Fsp3) is 0.467. The smallest absolute Gasteiger partial charge is 0.200 e. The first-order valence-electron chi connectivity index (χ1n) is 7.25. The molecule has 2 aromatic rings. The fourth-order valence-corrected chi connectivity index (χ4v) is 2.38. The van der Waals surface area contributed by atoms with Crippen LogP contribution in [0.2, 0.25) is 0 Å². The molecule has 0 aromatic carbocycles. The van der Waals surface area contributed by atoms with Crippen molar-refractivity contribution < 1.29 is 0 Å². The third kappa shape index (κ3) is 3.97. The van der Waals surface area contributed by atoms with Gasteiger partial charge in [0.1, 0.15) is 5.82 Å². The van der Waals surface area contributed by atoms with E-state index in [-0.39, 0.29) is 0 Å². The van der Waals surface area contributed by atoms with Gasteiger partial charge < -0.3 is 5.32 Å². The van der Waals surface area contributed by atoms with Crippen LogP contribution in [0.1, 0.15) is 37.9 Å². The highest BCUT2D eigenvalue weighted by Gasteiger charge is 2.14. The van der Waals surface area contributed by atoms with E-state index < -0.39 is 0 Å². The lowest BCUT2D eigenvalue weighted by atomic mass is 10.2. The first-order valence-corrected chi connectivity index (χ1v) is 8.04. The number of nitrogens with one attached hydrogen (secondary N) is 1. The molecule has 0 fully saturated rings. The summed E-state index contributed by atoms with van der Waals surface area (Å²) < 4.78 is 0.939. The van der Waals surface area contributed by atoms with Crippen molar-refractivity contribution in [1.82, 2.24) is 19.9 Å². The van der Waals surface area contributed by atoms with Gasteiger partial charge in [-0.3, -0.25) is 0 Å². The molecule has 0 saturated carbocycles. The average Bonchev–Trinajstić information content (AvgIpc) is 2.49. The zero-order chi connectivity index (χ0) is 15.2. The van der Waals surface area contributed by atoms with Crippen LogP contribution in [0.4, 0.5) is 5.82 Å². The summed E-state index contributed by atoms with van der Waals surface area (Å²) in [5.74, 6) is 1.94. The van der Waals surface area contributed by atoms with E-state index in [1.165, 1.54) is 0 Å². The summed E-state index contributed by atoms with van der Waals surface area (Å²) in [5, 5.41) is 3.33. The molecule has 0 aliphatic heterocycles. The Morgan fingerprint density at radius 3 is 2.38 bits per heavy atom. The number of rotatable bonds is 6. The summed E-state index contributed by atoms with van der Waals surface area (Å²) in [6, 6.07) is 0. The van der Waals surface area contributed by atoms with E-state index in [9.17, 15) is 0 Å². The molecule has 1 N–H and O–H groups in total. The minimum absolute atomic E-state index is 0.560. The second-order valence-corrected chi connectivity index (χ2v) is 5.71. The minimum Gasteiger partial charge on any atom is -0.369 e.